The number of rotatable bonds is 3. The highest BCUT2D eigenvalue weighted by Crippen LogP contribution is 2.30. The van der Waals surface area contributed by atoms with Crippen molar-refractivity contribution in [2.45, 2.75) is 18.9 Å². The number of ether oxygens (including phenoxy) is 1. The van der Waals surface area contributed by atoms with E-state index in [1.807, 2.05) is 16.7 Å². The molecule has 1 fully saturated rings. The second kappa shape index (κ2) is 8.15. The van der Waals surface area contributed by atoms with Gasteiger partial charge in [-0.1, -0.05) is 0 Å². The smallest absolute Gasteiger partial charge is 0.329 e. The lowest BCUT2D eigenvalue weighted by Gasteiger charge is -2.32. The molecule has 0 bridgehead atoms. The Hall–Kier alpha value is -4.02. The Morgan fingerprint density at radius 1 is 1.12 bits per heavy atom. The minimum Gasteiger partial charge on any atom is -0.467 e. The number of fused-ring (bicyclic) bond motifs is 3. The van der Waals surface area contributed by atoms with E-state index < -0.39 is 0 Å². The summed E-state index contributed by atoms with van der Waals surface area (Å²) in [4.78, 5) is 44.8. The second-order valence-electron chi connectivity index (χ2n) is 8.00. The van der Waals surface area contributed by atoms with E-state index in [0.717, 1.165) is 16.6 Å². The van der Waals surface area contributed by atoms with Crippen LogP contribution in [0.2, 0.25) is 0 Å². The predicted molar refractivity (Wildman–Crippen MR) is 122 cm³/mol. The van der Waals surface area contributed by atoms with E-state index in [-0.39, 0.29) is 23.8 Å². The highest BCUT2D eigenvalue weighted by atomic mass is 16.5. The summed E-state index contributed by atoms with van der Waals surface area (Å²) in [7, 11) is 4.88. The van der Waals surface area contributed by atoms with Gasteiger partial charge in [0.15, 0.2) is 0 Å². The number of methoxy groups -OCH3 is 1. The van der Waals surface area contributed by atoms with Gasteiger partial charge in [-0.3, -0.25) is 14.1 Å². The fraction of sp³-hybridized carbons (Fsp3) is 0.364. The molecule has 2 amide bonds. The highest BCUT2D eigenvalue weighted by Gasteiger charge is 2.27. The number of aromatic nitrogens is 6. The van der Waals surface area contributed by atoms with Crippen molar-refractivity contribution in [1.82, 2.24) is 39.3 Å². The number of urea groups is 1. The fourth-order valence-electron chi connectivity index (χ4n) is 4.43. The first-order valence-electron chi connectivity index (χ1n) is 10.7. The Balaban J connectivity index is 1.63. The van der Waals surface area contributed by atoms with Crippen LogP contribution in [0.4, 0.5) is 4.79 Å². The van der Waals surface area contributed by atoms with Crippen LogP contribution in [0, 0.1) is 0 Å². The molecule has 11 heteroatoms. The molecular weight excluding hydrogens is 424 g/mol. The van der Waals surface area contributed by atoms with Gasteiger partial charge in [0.1, 0.15) is 5.52 Å². The van der Waals surface area contributed by atoms with Gasteiger partial charge >= 0.3 is 17.7 Å². The average Bonchev–Trinajstić information content (AvgIpc) is 3.13. The maximum Gasteiger partial charge on any atom is 0.329 e. The van der Waals surface area contributed by atoms with Gasteiger partial charge in [0, 0.05) is 51.2 Å². The number of carbonyl (C=O) groups excluding carboxylic acids is 1. The maximum atomic E-state index is 13.3. The largest absolute Gasteiger partial charge is 0.467 e. The summed E-state index contributed by atoms with van der Waals surface area (Å²) in [5.41, 5.74) is 4.11. The average molecular weight is 448 g/mol. The Morgan fingerprint density at radius 2 is 1.85 bits per heavy atom. The van der Waals surface area contributed by atoms with Gasteiger partial charge in [0.2, 0.25) is 0 Å². The molecule has 1 aliphatic rings. The van der Waals surface area contributed by atoms with E-state index in [1.54, 1.807) is 42.2 Å². The summed E-state index contributed by atoms with van der Waals surface area (Å²) in [6, 6.07) is 3.89. The van der Waals surface area contributed by atoms with Gasteiger partial charge < -0.3 is 15.0 Å². The van der Waals surface area contributed by atoms with Gasteiger partial charge in [0.05, 0.1) is 35.6 Å². The first kappa shape index (κ1) is 20.9. The summed E-state index contributed by atoms with van der Waals surface area (Å²) in [5, 5.41) is 2.67. The van der Waals surface area contributed by atoms with Crippen molar-refractivity contribution in [1.29, 1.82) is 0 Å². The summed E-state index contributed by atoms with van der Waals surface area (Å²) in [6.45, 7) is 1.16. The number of imidazole rings is 1. The molecule has 0 aliphatic carbocycles. The zero-order valence-electron chi connectivity index (χ0n) is 18.6. The zero-order valence-corrected chi connectivity index (χ0v) is 18.6. The van der Waals surface area contributed by atoms with Crippen LogP contribution in [-0.2, 0) is 7.05 Å². The molecule has 0 spiro atoms. The molecule has 1 aliphatic heterocycles. The van der Waals surface area contributed by atoms with Crippen LogP contribution in [-0.4, -0.2) is 67.2 Å². The Labute approximate surface area is 189 Å². The Kier molecular flexibility index (Phi) is 5.15. The third-order valence-corrected chi connectivity index (χ3v) is 6.20. The number of hydrogen-bond acceptors (Lipinski definition) is 7. The first-order chi connectivity index (χ1) is 16.0. The second-order valence-corrected chi connectivity index (χ2v) is 8.00. The third kappa shape index (κ3) is 3.45. The standard InChI is InChI=1S/C22H24N8O3/c1-23-21(31)29-8-6-14(7-9-29)30-19-17(28(2)22(30)32)12-24-16-5-4-15(27-18(16)19)13-10-25-20(33-3)26-11-13/h4-5,10-12,14H,6-9H2,1-3H3,(H,23,31). The van der Waals surface area contributed by atoms with Gasteiger partial charge in [0.25, 0.3) is 0 Å². The summed E-state index contributed by atoms with van der Waals surface area (Å²) >= 11 is 0. The number of aryl methyl sites for hydroxylation is 1. The number of pyridine rings is 2. The number of hydrogen-bond donors (Lipinski definition) is 1. The van der Waals surface area contributed by atoms with E-state index in [9.17, 15) is 9.59 Å². The van der Waals surface area contributed by atoms with Gasteiger partial charge in [-0.25, -0.2) is 24.5 Å². The zero-order chi connectivity index (χ0) is 23.1. The molecular formula is C22H24N8O3. The molecule has 1 N–H and O–H groups in total. The number of carbonyl (C=O) groups is 1. The number of amides is 2. The monoisotopic (exact) mass is 448 g/mol. The summed E-state index contributed by atoms with van der Waals surface area (Å²) < 4.78 is 8.47. The number of likely N-dealkylation sites (tertiary alicyclic amines) is 1. The molecule has 1 saturated heterocycles. The third-order valence-electron chi connectivity index (χ3n) is 6.20. The minimum absolute atomic E-state index is 0.0394. The first-order valence-corrected chi connectivity index (χ1v) is 10.7. The molecule has 0 radical (unpaired) electrons. The molecule has 170 valence electrons. The summed E-state index contributed by atoms with van der Waals surface area (Å²) in [5.74, 6) is 0. The Bertz CT molecular complexity index is 1400. The summed E-state index contributed by atoms with van der Waals surface area (Å²) in [6.07, 6.45) is 6.39. The van der Waals surface area contributed by atoms with Crippen molar-refractivity contribution in [3.05, 3.63) is 41.2 Å². The predicted octanol–water partition coefficient (Wildman–Crippen LogP) is 1.73. The van der Waals surface area contributed by atoms with Crippen LogP contribution >= 0.6 is 0 Å². The van der Waals surface area contributed by atoms with Crippen molar-refractivity contribution in [3.63, 3.8) is 0 Å². The highest BCUT2D eigenvalue weighted by molar-refractivity contribution is 6.00. The molecule has 0 aromatic carbocycles. The van der Waals surface area contributed by atoms with Crippen molar-refractivity contribution in [2.24, 2.45) is 7.05 Å². The van der Waals surface area contributed by atoms with E-state index >= 15 is 0 Å². The van der Waals surface area contributed by atoms with Crippen molar-refractivity contribution in [3.8, 4) is 17.3 Å². The number of piperidine rings is 1. The molecule has 0 saturated carbocycles. The number of nitrogens with zero attached hydrogens (tertiary/aromatic N) is 7. The molecule has 0 unspecified atom stereocenters. The molecule has 33 heavy (non-hydrogen) atoms. The van der Waals surface area contributed by atoms with E-state index in [0.29, 0.717) is 42.7 Å². The quantitative estimate of drug-likeness (QED) is 0.507. The van der Waals surface area contributed by atoms with Gasteiger partial charge in [-0.05, 0) is 25.0 Å². The molecule has 0 atom stereocenters. The fourth-order valence-corrected chi connectivity index (χ4v) is 4.43. The van der Waals surface area contributed by atoms with Crippen molar-refractivity contribution in [2.75, 3.05) is 27.2 Å². The van der Waals surface area contributed by atoms with Crippen LogP contribution in [0.15, 0.2) is 35.5 Å². The van der Waals surface area contributed by atoms with Gasteiger partial charge in [-0.2, -0.15) is 0 Å². The van der Waals surface area contributed by atoms with Crippen LogP contribution in [0.25, 0.3) is 33.3 Å². The lowest BCUT2D eigenvalue weighted by molar-refractivity contribution is 0.173. The molecule has 4 aromatic rings. The van der Waals surface area contributed by atoms with E-state index in [2.05, 4.69) is 20.3 Å². The topological polar surface area (TPSA) is 120 Å². The maximum absolute atomic E-state index is 13.3. The SMILES string of the molecule is CNC(=O)N1CCC(n2c(=O)n(C)c3cnc4ccc(-c5cnc(OC)nc5)nc4c32)CC1. The molecule has 5 rings (SSSR count). The van der Waals surface area contributed by atoms with Crippen LogP contribution in [0.1, 0.15) is 18.9 Å². The van der Waals surface area contributed by atoms with E-state index in [1.165, 1.54) is 7.11 Å². The van der Waals surface area contributed by atoms with Crippen molar-refractivity contribution < 1.29 is 9.53 Å². The molecule has 5 heterocycles. The minimum atomic E-state index is -0.113. The lowest BCUT2D eigenvalue weighted by Crippen LogP contribution is -2.44. The van der Waals surface area contributed by atoms with Crippen LogP contribution in [0.3, 0.4) is 0 Å². The lowest BCUT2D eigenvalue weighted by atomic mass is 10.0. The number of nitrogens with one attached hydrogen (secondary N) is 1. The Morgan fingerprint density at radius 3 is 2.52 bits per heavy atom. The van der Waals surface area contributed by atoms with Crippen molar-refractivity contribution >= 4 is 28.1 Å². The van der Waals surface area contributed by atoms with Crippen LogP contribution < -0.4 is 15.7 Å². The van der Waals surface area contributed by atoms with Gasteiger partial charge in [-0.15, -0.1) is 0 Å². The van der Waals surface area contributed by atoms with Crippen LogP contribution in [0.5, 0.6) is 6.01 Å². The normalized spacial score (nSPS) is 14.7. The molecule has 4 aromatic heterocycles. The molecule has 11 nitrogen and oxygen atoms in total. The van der Waals surface area contributed by atoms with E-state index in [4.69, 9.17) is 9.72 Å².